The summed E-state index contributed by atoms with van der Waals surface area (Å²) in [7, 11) is 0. The number of alkyl halides is 3. The molecule has 134 heavy (non-hydrogen) atoms. The summed E-state index contributed by atoms with van der Waals surface area (Å²) >= 11 is 6.16. The number of hydrogen-bond acceptors (Lipinski definition) is 11. The van der Waals surface area contributed by atoms with Crippen molar-refractivity contribution in [2.45, 2.75) is 128 Å². The first-order valence-corrected chi connectivity index (χ1v) is 45.3. The molecule has 5 N–H and O–H groups in total. The van der Waals surface area contributed by atoms with Crippen molar-refractivity contribution in [1.82, 2.24) is 34.9 Å². The highest BCUT2D eigenvalue weighted by atomic mass is 35.5. The van der Waals surface area contributed by atoms with Crippen LogP contribution in [0, 0.1) is 39.1 Å². The standard InChI is InChI=1S/C29H32N4O2.C26H23ClFN3O3.C26H23F3N4O2.C23H25F2N3O2/c1-28(2,3)22-12-14-23(15-13-22)31-27(35)32-19-16-29(17-20-32)25(21-9-5-4-6-10-21)33(26(29)34)24-11-7-8-18-30-24;27-21-3-1-2-4-22(21)29-25(34)30-15-13-26(14-16-30)23(17-5-11-20(32)12-6-17)31(24(26)33)19-9-7-18(28)8-10-19;27-26(28,29)19-9-11-20(12-10-19)31-24(35)32-16-13-25(14-17-32)22(18-6-2-1-3-7-18)33(23(25)34)21-8-4-5-15-30-21;1-15(2)26-22(30)27-13-11-23(12-14-27)20(16-3-5-17(24)6-4-16)28(21(23)29)19-9-7-18(25)8-10-19/h4-15,18,25H,16-17,19-20H2,1-3H3,(H,31,35);1-12,23,32H,13-16H2,(H,29,34);1-12,15,22H,13-14,16-17H2,(H,31,35);3-10,15,20H,11-14H2,1-2H3,(H,26,30). The Bertz CT molecular complexity index is 5850. The molecule has 692 valence electrons. The molecule has 8 aliphatic rings. The number of hydrogen-bond donors (Lipinski definition) is 5. The zero-order chi connectivity index (χ0) is 94.6. The van der Waals surface area contributed by atoms with E-state index in [1.807, 2.05) is 115 Å². The van der Waals surface area contributed by atoms with Gasteiger partial charge in [-0.1, -0.05) is 154 Å². The average Bonchev–Trinajstić information content (AvgIpc) is 0.714. The fraction of sp³-hybridized carbons (Fsp3) is 0.308. The molecule has 19 rings (SSSR count). The Labute approximate surface area is 778 Å². The molecule has 30 heteroatoms. The van der Waals surface area contributed by atoms with Crippen LogP contribution in [0.15, 0.2) is 279 Å². The highest BCUT2D eigenvalue weighted by Gasteiger charge is 2.66. The molecule has 8 fully saturated rings. The Morgan fingerprint density at radius 1 is 0.373 bits per heavy atom. The number of halogens is 7. The minimum absolute atomic E-state index is 0.00662. The number of rotatable bonds is 12. The molecule has 8 saturated heterocycles. The molecular weight excluding hydrogens is 1740 g/mol. The molecule has 10 heterocycles. The number of β-lactam (4-membered cyclic amide) rings is 4. The Kier molecular flexibility index (Phi) is 26.8. The first-order valence-electron chi connectivity index (χ1n) is 44.9. The van der Waals surface area contributed by atoms with Gasteiger partial charge in [0.25, 0.3) is 0 Å². The summed E-state index contributed by atoms with van der Waals surface area (Å²) in [6.07, 6.45) is 3.20. The van der Waals surface area contributed by atoms with Gasteiger partial charge in [0.15, 0.2) is 0 Å². The summed E-state index contributed by atoms with van der Waals surface area (Å²) in [5.41, 5.74) is 4.73. The van der Waals surface area contributed by atoms with Crippen molar-refractivity contribution < 1.29 is 69.8 Å². The predicted octanol–water partition coefficient (Wildman–Crippen LogP) is 21.1. The van der Waals surface area contributed by atoms with E-state index in [-0.39, 0.29) is 106 Å². The van der Waals surface area contributed by atoms with Gasteiger partial charge in [-0.15, -0.1) is 0 Å². The molecule has 23 nitrogen and oxygen atoms in total. The molecule has 0 radical (unpaired) electrons. The smallest absolute Gasteiger partial charge is 0.416 e. The minimum atomic E-state index is -4.43. The van der Waals surface area contributed by atoms with Gasteiger partial charge in [0, 0.05) is 93.5 Å². The number of anilines is 7. The van der Waals surface area contributed by atoms with E-state index in [0.29, 0.717) is 137 Å². The molecule has 0 saturated carbocycles. The maximum absolute atomic E-state index is 13.6. The van der Waals surface area contributed by atoms with Crippen molar-refractivity contribution >= 4 is 99.4 Å². The second-order valence-electron chi connectivity index (χ2n) is 36.5. The number of benzene rings is 9. The summed E-state index contributed by atoms with van der Waals surface area (Å²) in [6, 6.07) is 73.5. The van der Waals surface area contributed by atoms with Crippen LogP contribution in [0.25, 0.3) is 0 Å². The number of phenolic OH excluding ortho intramolecular Hbond substituents is 1. The summed E-state index contributed by atoms with van der Waals surface area (Å²) in [5.74, 6) is 0.353. The van der Waals surface area contributed by atoms with Crippen LogP contribution in [0.5, 0.6) is 5.75 Å². The minimum Gasteiger partial charge on any atom is -0.508 e. The van der Waals surface area contributed by atoms with Crippen molar-refractivity contribution in [1.29, 1.82) is 0 Å². The maximum atomic E-state index is 13.6. The lowest BCUT2D eigenvalue weighted by Crippen LogP contribution is -2.67. The number of aromatic hydroxyl groups is 1. The number of carbonyl (C=O) groups is 8. The van der Waals surface area contributed by atoms with Crippen molar-refractivity contribution in [2.75, 3.05) is 87.9 Å². The first-order chi connectivity index (χ1) is 64.3. The fourth-order valence-corrected chi connectivity index (χ4v) is 20.1. The lowest BCUT2D eigenvalue weighted by atomic mass is 9.62. The highest BCUT2D eigenvalue weighted by Crippen LogP contribution is 2.62. The van der Waals surface area contributed by atoms with Gasteiger partial charge >= 0.3 is 30.3 Å². The largest absolute Gasteiger partial charge is 0.508 e. The molecule has 8 aliphatic heterocycles. The van der Waals surface area contributed by atoms with Crippen LogP contribution in [0.4, 0.5) is 85.6 Å². The number of amides is 12. The van der Waals surface area contributed by atoms with E-state index in [0.717, 1.165) is 40.1 Å². The van der Waals surface area contributed by atoms with Crippen molar-refractivity contribution in [3.63, 3.8) is 0 Å². The predicted molar refractivity (Wildman–Crippen MR) is 501 cm³/mol. The topological polar surface area (TPSA) is 257 Å². The number of likely N-dealkylation sites (tertiary alicyclic amines) is 4. The third-order valence-corrected chi connectivity index (χ3v) is 27.4. The number of urea groups is 4. The van der Waals surface area contributed by atoms with Gasteiger partial charge in [0.1, 0.15) is 34.8 Å². The number of aromatic nitrogens is 2. The second kappa shape index (κ2) is 38.6. The molecule has 4 atom stereocenters. The number of nitrogens with one attached hydrogen (secondary N) is 4. The number of carbonyl (C=O) groups excluding carboxylic acids is 8. The summed E-state index contributed by atoms with van der Waals surface area (Å²) < 4.78 is 78.7. The monoisotopic (exact) mass is 1840 g/mol. The van der Waals surface area contributed by atoms with Crippen LogP contribution < -0.4 is 40.9 Å². The Balaban J connectivity index is 0.000000130. The van der Waals surface area contributed by atoms with Crippen LogP contribution in [0.3, 0.4) is 0 Å². The van der Waals surface area contributed by atoms with E-state index in [2.05, 4.69) is 76.3 Å². The van der Waals surface area contributed by atoms with Gasteiger partial charge < -0.3 is 55.8 Å². The summed E-state index contributed by atoms with van der Waals surface area (Å²) in [5, 5.41) is 21.6. The molecule has 12 amide bonds. The Hall–Kier alpha value is -14.1. The zero-order valence-electron chi connectivity index (χ0n) is 74.6. The van der Waals surface area contributed by atoms with Gasteiger partial charge in [0.05, 0.1) is 62.1 Å². The van der Waals surface area contributed by atoms with Crippen molar-refractivity contribution in [3.05, 3.63) is 335 Å². The Morgan fingerprint density at radius 2 is 0.679 bits per heavy atom. The maximum Gasteiger partial charge on any atom is 0.416 e. The van der Waals surface area contributed by atoms with Crippen LogP contribution in [0.1, 0.15) is 144 Å². The van der Waals surface area contributed by atoms with Crippen LogP contribution >= 0.6 is 11.6 Å². The van der Waals surface area contributed by atoms with E-state index >= 15 is 0 Å². The molecule has 11 aromatic rings. The van der Waals surface area contributed by atoms with E-state index in [4.69, 9.17) is 11.6 Å². The number of phenols is 1. The van der Waals surface area contributed by atoms with E-state index in [1.54, 1.807) is 133 Å². The molecule has 4 spiro atoms. The van der Waals surface area contributed by atoms with Crippen molar-refractivity contribution in [2.24, 2.45) is 21.7 Å². The third-order valence-electron chi connectivity index (χ3n) is 27.1. The summed E-state index contributed by atoms with van der Waals surface area (Å²) in [6.45, 7) is 13.9. The molecule has 0 bridgehead atoms. The highest BCUT2D eigenvalue weighted by molar-refractivity contribution is 6.33. The number of nitrogens with zero attached hydrogens (tertiary/aromatic N) is 10. The number of para-hydroxylation sites is 1. The molecular formula is C104H103ClF6N14O9. The third kappa shape index (κ3) is 18.8. The van der Waals surface area contributed by atoms with Crippen LogP contribution in [-0.2, 0) is 30.8 Å². The van der Waals surface area contributed by atoms with Gasteiger partial charge in [-0.2, -0.15) is 13.2 Å². The normalized spacial score (nSPS) is 19.6. The Morgan fingerprint density at radius 3 is 1.02 bits per heavy atom. The lowest BCUT2D eigenvalue weighted by Gasteiger charge is -2.59. The van der Waals surface area contributed by atoms with Gasteiger partial charge in [-0.3, -0.25) is 29.0 Å². The van der Waals surface area contributed by atoms with Gasteiger partial charge in [0.2, 0.25) is 23.6 Å². The molecule has 4 unspecified atom stereocenters. The second-order valence-corrected chi connectivity index (χ2v) is 36.9. The molecule has 0 aliphatic carbocycles. The quantitative estimate of drug-likeness (QED) is 0.0568. The number of piperidine rings is 4. The van der Waals surface area contributed by atoms with Gasteiger partial charge in [-0.05, 0) is 244 Å². The van der Waals surface area contributed by atoms with Crippen molar-refractivity contribution in [3.8, 4) is 5.75 Å². The SMILES string of the molecule is CC(C)(C)c1ccc(NC(=O)N2CCC3(CC2)C(=O)N(c2ccccn2)C3c2ccccc2)cc1.CC(C)NC(=O)N1CCC2(CC1)C(=O)N(c1ccc(F)cc1)C2c1ccc(F)cc1.O=C(Nc1ccc(C(F)(F)F)cc1)N1CCC2(CC1)C(=O)N(c1ccccn1)C2c1ccccc1.O=C(Nc1ccccc1Cl)N1CCC2(CC1)C(=O)N(c1ccc(F)cc1)C2c1ccc(O)cc1. The van der Waals surface area contributed by atoms with Gasteiger partial charge in [-0.25, -0.2) is 42.3 Å². The van der Waals surface area contributed by atoms with Crippen LogP contribution in [0.2, 0.25) is 5.02 Å². The zero-order valence-corrected chi connectivity index (χ0v) is 75.3. The number of pyridine rings is 2. The van der Waals surface area contributed by atoms with E-state index in [1.165, 1.54) is 54.1 Å². The first kappa shape index (κ1) is 93.2. The van der Waals surface area contributed by atoms with E-state index in [9.17, 15) is 69.8 Å². The van der Waals surface area contributed by atoms with Crippen LogP contribution in [-0.4, -0.2) is 141 Å². The van der Waals surface area contributed by atoms with E-state index < -0.39 is 39.4 Å². The summed E-state index contributed by atoms with van der Waals surface area (Å²) in [4.78, 5) is 127. The fourth-order valence-electron chi connectivity index (χ4n) is 19.9. The lowest BCUT2D eigenvalue weighted by molar-refractivity contribution is -0.144. The molecule has 2 aromatic heterocycles. The molecule has 9 aromatic carbocycles. The average molecular weight is 1840 g/mol.